The maximum atomic E-state index is 13.6. The lowest BCUT2D eigenvalue weighted by Gasteiger charge is -2.26. The lowest BCUT2D eigenvalue weighted by atomic mass is 10.0. The SMILES string of the molecule is Cc1ccc(S(=O)(=O)N(CC(=O)NCc2cccc(CN3CCOCC3)c2)c2ccc(C(C)C)cc2)cc1. The van der Waals surface area contributed by atoms with Gasteiger partial charge in [0, 0.05) is 26.2 Å². The van der Waals surface area contributed by atoms with Crippen molar-refractivity contribution in [3.63, 3.8) is 0 Å². The van der Waals surface area contributed by atoms with E-state index in [9.17, 15) is 13.2 Å². The predicted molar refractivity (Wildman–Crippen MR) is 151 cm³/mol. The highest BCUT2D eigenvalue weighted by Crippen LogP contribution is 2.26. The average Bonchev–Trinajstić information content (AvgIpc) is 2.91. The van der Waals surface area contributed by atoms with Crippen molar-refractivity contribution in [3.05, 3.63) is 95.1 Å². The van der Waals surface area contributed by atoms with Crippen molar-refractivity contribution < 1.29 is 17.9 Å². The van der Waals surface area contributed by atoms with Crippen LogP contribution in [0.1, 0.15) is 42.0 Å². The molecule has 0 aliphatic carbocycles. The Kier molecular flexibility index (Phi) is 9.20. The van der Waals surface area contributed by atoms with Crippen LogP contribution < -0.4 is 9.62 Å². The molecule has 3 aromatic carbocycles. The van der Waals surface area contributed by atoms with Crippen LogP contribution >= 0.6 is 0 Å². The molecule has 0 spiro atoms. The monoisotopic (exact) mass is 535 g/mol. The van der Waals surface area contributed by atoms with E-state index in [2.05, 4.69) is 36.2 Å². The summed E-state index contributed by atoms with van der Waals surface area (Å²) in [6, 6.07) is 22.2. The van der Waals surface area contributed by atoms with E-state index in [4.69, 9.17) is 4.74 Å². The number of ether oxygens (including phenoxy) is 1. The molecule has 0 saturated carbocycles. The third-order valence-electron chi connectivity index (χ3n) is 6.73. The minimum Gasteiger partial charge on any atom is -0.379 e. The maximum Gasteiger partial charge on any atom is 0.264 e. The van der Waals surface area contributed by atoms with E-state index in [1.807, 2.05) is 31.2 Å². The summed E-state index contributed by atoms with van der Waals surface area (Å²) in [7, 11) is -3.95. The van der Waals surface area contributed by atoms with Crippen LogP contribution in [0, 0.1) is 6.92 Å². The minimum absolute atomic E-state index is 0.152. The second kappa shape index (κ2) is 12.6. The van der Waals surface area contributed by atoms with Crippen LogP contribution in [-0.2, 0) is 32.6 Å². The fraction of sp³-hybridized carbons (Fsp3) is 0.367. The van der Waals surface area contributed by atoms with Gasteiger partial charge < -0.3 is 10.1 Å². The van der Waals surface area contributed by atoms with Crippen LogP contribution in [0.2, 0.25) is 0 Å². The molecule has 1 fully saturated rings. The number of rotatable bonds is 10. The molecule has 202 valence electrons. The molecule has 3 aromatic rings. The topological polar surface area (TPSA) is 79.0 Å². The van der Waals surface area contributed by atoms with Gasteiger partial charge >= 0.3 is 0 Å². The van der Waals surface area contributed by atoms with E-state index in [0.717, 1.165) is 49.5 Å². The van der Waals surface area contributed by atoms with Gasteiger partial charge in [0.25, 0.3) is 10.0 Å². The Bertz CT molecular complexity index is 1320. The van der Waals surface area contributed by atoms with Crippen molar-refractivity contribution in [3.8, 4) is 0 Å². The second-order valence-corrected chi connectivity index (χ2v) is 11.9. The van der Waals surface area contributed by atoms with Crippen molar-refractivity contribution in [2.75, 3.05) is 37.2 Å². The van der Waals surface area contributed by atoms with Crippen LogP contribution in [-0.4, -0.2) is 52.1 Å². The summed E-state index contributed by atoms with van der Waals surface area (Å²) in [5, 5.41) is 2.91. The van der Waals surface area contributed by atoms with E-state index >= 15 is 0 Å². The summed E-state index contributed by atoms with van der Waals surface area (Å²) < 4.78 is 33.9. The van der Waals surface area contributed by atoms with Gasteiger partial charge in [-0.3, -0.25) is 14.0 Å². The van der Waals surface area contributed by atoms with Gasteiger partial charge in [-0.05, 0) is 53.8 Å². The Hall–Kier alpha value is -3.20. The normalized spacial score (nSPS) is 14.4. The Labute approximate surface area is 226 Å². The molecule has 0 bridgehead atoms. The number of hydrogen-bond donors (Lipinski definition) is 1. The van der Waals surface area contributed by atoms with Gasteiger partial charge in [0.05, 0.1) is 23.8 Å². The second-order valence-electron chi connectivity index (χ2n) is 10.1. The largest absolute Gasteiger partial charge is 0.379 e. The van der Waals surface area contributed by atoms with Crippen molar-refractivity contribution in [1.29, 1.82) is 0 Å². The average molecular weight is 536 g/mol. The number of carbonyl (C=O) groups is 1. The molecule has 38 heavy (non-hydrogen) atoms. The lowest BCUT2D eigenvalue weighted by molar-refractivity contribution is -0.119. The number of sulfonamides is 1. The molecule has 8 heteroatoms. The highest BCUT2D eigenvalue weighted by Gasteiger charge is 2.27. The number of nitrogens with zero attached hydrogens (tertiary/aromatic N) is 2. The Morgan fingerprint density at radius 2 is 1.63 bits per heavy atom. The van der Waals surface area contributed by atoms with E-state index in [-0.39, 0.29) is 17.3 Å². The minimum atomic E-state index is -3.95. The first kappa shape index (κ1) is 27.8. The lowest BCUT2D eigenvalue weighted by Crippen LogP contribution is -2.40. The van der Waals surface area contributed by atoms with Crippen LogP contribution in [0.25, 0.3) is 0 Å². The number of benzene rings is 3. The van der Waals surface area contributed by atoms with Gasteiger partial charge in [0.1, 0.15) is 6.54 Å². The number of aryl methyl sites for hydroxylation is 1. The van der Waals surface area contributed by atoms with E-state index < -0.39 is 10.0 Å². The summed E-state index contributed by atoms with van der Waals surface area (Å²) in [4.78, 5) is 15.6. The first-order valence-electron chi connectivity index (χ1n) is 13.1. The first-order valence-corrected chi connectivity index (χ1v) is 14.5. The van der Waals surface area contributed by atoms with E-state index in [1.54, 1.807) is 36.4 Å². The zero-order chi connectivity index (χ0) is 27.1. The number of nitrogens with one attached hydrogen (secondary N) is 1. The summed E-state index contributed by atoms with van der Waals surface area (Å²) in [5.41, 5.74) is 4.66. The maximum absolute atomic E-state index is 13.6. The molecule has 1 saturated heterocycles. The summed E-state index contributed by atoms with van der Waals surface area (Å²) >= 11 is 0. The zero-order valence-electron chi connectivity index (χ0n) is 22.4. The highest BCUT2D eigenvalue weighted by molar-refractivity contribution is 7.92. The number of morpholine rings is 1. The predicted octanol–water partition coefficient (Wildman–Crippen LogP) is 4.46. The summed E-state index contributed by atoms with van der Waals surface area (Å²) in [6.07, 6.45) is 0. The van der Waals surface area contributed by atoms with Crippen LogP contribution in [0.5, 0.6) is 0 Å². The third kappa shape index (κ3) is 7.22. The van der Waals surface area contributed by atoms with Gasteiger partial charge in [-0.25, -0.2) is 8.42 Å². The molecule has 7 nitrogen and oxygen atoms in total. The van der Waals surface area contributed by atoms with Crippen LogP contribution in [0.15, 0.2) is 77.7 Å². The summed E-state index contributed by atoms with van der Waals surface area (Å²) in [6.45, 7) is 10.2. The van der Waals surface area contributed by atoms with Gasteiger partial charge in [-0.15, -0.1) is 0 Å². The van der Waals surface area contributed by atoms with Crippen molar-refractivity contribution >= 4 is 21.6 Å². The van der Waals surface area contributed by atoms with E-state index in [1.165, 1.54) is 9.87 Å². The molecule has 0 unspecified atom stereocenters. The van der Waals surface area contributed by atoms with Crippen molar-refractivity contribution in [2.24, 2.45) is 0 Å². The standard InChI is InChI=1S/C30H37N3O4S/c1-23(2)27-9-11-28(12-10-27)33(38(35,36)29-13-7-24(3)8-14-29)22-30(34)31-20-25-5-4-6-26(19-25)21-32-15-17-37-18-16-32/h4-14,19,23H,15-18,20-22H2,1-3H3,(H,31,34). The molecule has 0 radical (unpaired) electrons. The van der Waals surface area contributed by atoms with Gasteiger partial charge in [-0.1, -0.05) is 67.9 Å². The van der Waals surface area contributed by atoms with Crippen molar-refractivity contribution in [1.82, 2.24) is 10.2 Å². The number of hydrogen-bond acceptors (Lipinski definition) is 5. The molecule has 4 rings (SSSR count). The van der Waals surface area contributed by atoms with Crippen molar-refractivity contribution in [2.45, 2.75) is 44.7 Å². The third-order valence-corrected chi connectivity index (χ3v) is 8.52. The summed E-state index contributed by atoms with van der Waals surface area (Å²) in [5.74, 6) is -0.0549. The highest BCUT2D eigenvalue weighted by atomic mass is 32.2. The number of amides is 1. The van der Waals surface area contributed by atoms with Gasteiger partial charge in [0.2, 0.25) is 5.91 Å². The molecule has 0 aromatic heterocycles. The van der Waals surface area contributed by atoms with Crippen LogP contribution in [0.4, 0.5) is 5.69 Å². The van der Waals surface area contributed by atoms with E-state index in [0.29, 0.717) is 18.2 Å². The number of carbonyl (C=O) groups excluding carboxylic acids is 1. The fourth-order valence-corrected chi connectivity index (χ4v) is 5.84. The zero-order valence-corrected chi connectivity index (χ0v) is 23.2. The molecule has 0 atom stereocenters. The Morgan fingerprint density at radius 1 is 0.974 bits per heavy atom. The Morgan fingerprint density at radius 3 is 2.29 bits per heavy atom. The fourth-order valence-electron chi connectivity index (χ4n) is 4.42. The number of anilines is 1. The molecular formula is C30H37N3O4S. The molecule has 1 amide bonds. The quantitative estimate of drug-likeness (QED) is 0.415. The molecule has 1 heterocycles. The molecular weight excluding hydrogens is 498 g/mol. The van der Waals surface area contributed by atoms with Gasteiger partial charge in [-0.2, -0.15) is 0 Å². The molecule has 1 aliphatic heterocycles. The first-order chi connectivity index (χ1) is 18.2. The van der Waals surface area contributed by atoms with Gasteiger partial charge in [0.15, 0.2) is 0 Å². The molecule has 1 aliphatic rings. The van der Waals surface area contributed by atoms with Crippen LogP contribution in [0.3, 0.4) is 0 Å². The Balaban J connectivity index is 1.48. The smallest absolute Gasteiger partial charge is 0.264 e. The molecule has 1 N–H and O–H groups in total.